The van der Waals surface area contributed by atoms with E-state index in [0.29, 0.717) is 25.1 Å². The highest BCUT2D eigenvalue weighted by Crippen LogP contribution is 2.33. The van der Waals surface area contributed by atoms with E-state index in [2.05, 4.69) is 54.4 Å². The third-order valence-corrected chi connectivity index (χ3v) is 6.72. The van der Waals surface area contributed by atoms with Crippen molar-refractivity contribution in [1.29, 1.82) is 0 Å². The third kappa shape index (κ3) is 6.73. The summed E-state index contributed by atoms with van der Waals surface area (Å²) in [6.07, 6.45) is 4.70. The zero-order chi connectivity index (χ0) is 26.6. The van der Waals surface area contributed by atoms with Crippen molar-refractivity contribution >= 4 is 17.4 Å². The van der Waals surface area contributed by atoms with Crippen LogP contribution in [0.25, 0.3) is 5.57 Å². The van der Waals surface area contributed by atoms with Gasteiger partial charge in [0.1, 0.15) is 5.60 Å². The van der Waals surface area contributed by atoms with Gasteiger partial charge < -0.3 is 9.64 Å². The van der Waals surface area contributed by atoms with Crippen LogP contribution in [0.1, 0.15) is 77.8 Å². The second-order valence-corrected chi connectivity index (χ2v) is 10.8. The van der Waals surface area contributed by atoms with Crippen LogP contribution in [0.15, 0.2) is 72.9 Å². The molecule has 0 aliphatic carbocycles. The molecule has 1 aromatic heterocycles. The quantitative estimate of drug-likeness (QED) is 0.341. The molecule has 1 aliphatic rings. The van der Waals surface area contributed by atoms with Gasteiger partial charge in [-0.1, -0.05) is 54.6 Å². The van der Waals surface area contributed by atoms with E-state index in [0.717, 1.165) is 23.2 Å². The molecule has 0 fully saturated rings. The van der Waals surface area contributed by atoms with Gasteiger partial charge in [0.05, 0.1) is 0 Å². The largest absolute Gasteiger partial charge is 0.444 e. The van der Waals surface area contributed by atoms with Crippen LogP contribution < -0.4 is 0 Å². The SMILES string of the molecule is Cc1cc(C(=O)C[C@H](c2ccc(C3=CCN(C(=O)OC(C)(C)C)CC3)cc2)c2ccccc2C)ccn1. The van der Waals surface area contributed by atoms with E-state index in [1.165, 1.54) is 16.7 Å². The molecule has 5 heteroatoms. The highest BCUT2D eigenvalue weighted by Gasteiger charge is 2.25. The summed E-state index contributed by atoms with van der Waals surface area (Å²) in [6.45, 7) is 10.8. The molecule has 1 amide bonds. The molecule has 5 nitrogen and oxygen atoms in total. The summed E-state index contributed by atoms with van der Waals surface area (Å²) in [6, 6.07) is 20.5. The second-order valence-electron chi connectivity index (χ2n) is 10.8. The first-order chi connectivity index (χ1) is 17.6. The Morgan fingerprint density at radius 1 is 1.03 bits per heavy atom. The first kappa shape index (κ1) is 26.3. The lowest BCUT2D eigenvalue weighted by molar-refractivity contribution is 0.0270. The predicted molar refractivity (Wildman–Crippen MR) is 148 cm³/mol. The Hall–Kier alpha value is -3.73. The average molecular weight is 497 g/mol. The number of aryl methyl sites for hydroxylation is 2. The number of ether oxygens (including phenoxy) is 1. The Morgan fingerprint density at radius 2 is 1.76 bits per heavy atom. The molecular weight excluding hydrogens is 460 g/mol. The molecule has 0 bridgehead atoms. The van der Waals surface area contributed by atoms with E-state index in [4.69, 9.17) is 4.74 Å². The molecule has 2 heterocycles. The summed E-state index contributed by atoms with van der Waals surface area (Å²) >= 11 is 0. The average Bonchev–Trinajstić information content (AvgIpc) is 2.87. The number of aromatic nitrogens is 1. The van der Waals surface area contributed by atoms with Crippen molar-refractivity contribution in [3.63, 3.8) is 0 Å². The van der Waals surface area contributed by atoms with Crippen molar-refractivity contribution in [3.8, 4) is 0 Å². The van der Waals surface area contributed by atoms with Gasteiger partial charge in [-0.05, 0) is 81.0 Å². The van der Waals surface area contributed by atoms with Crippen molar-refractivity contribution < 1.29 is 14.3 Å². The van der Waals surface area contributed by atoms with E-state index in [1.807, 2.05) is 45.9 Å². The number of amides is 1. The number of Topliss-reactive ketones (excluding diaryl/α,β-unsaturated/α-hetero) is 1. The lowest BCUT2D eigenvalue weighted by Gasteiger charge is -2.29. The van der Waals surface area contributed by atoms with Crippen LogP contribution in [0, 0.1) is 13.8 Å². The van der Waals surface area contributed by atoms with E-state index in [9.17, 15) is 9.59 Å². The zero-order valence-corrected chi connectivity index (χ0v) is 22.5. The number of nitrogens with zero attached hydrogens (tertiary/aromatic N) is 2. The fourth-order valence-corrected chi connectivity index (χ4v) is 4.76. The molecule has 0 unspecified atom stereocenters. The standard InChI is InChI=1S/C32H36N2O3/c1-22-8-6-7-9-28(22)29(21-30(35)27-14-17-33-23(2)20-27)26-12-10-24(11-13-26)25-15-18-34(19-16-25)31(36)37-32(3,4)5/h6-15,17,20,29H,16,18-19,21H2,1-5H3/t29-/m1/s1. The summed E-state index contributed by atoms with van der Waals surface area (Å²) in [5, 5.41) is 0. The smallest absolute Gasteiger partial charge is 0.410 e. The molecule has 0 saturated heterocycles. The Bertz CT molecular complexity index is 1300. The van der Waals surface area contributed by atoms with Gasteiger partial charge in [-0.15, -0.1) is 0 Å². The number of rotatable bonds is 6. The fraction of sp³-hybridized carbons (Fsp3) is 0.344. The Labute approximate surface area is 220 Å². The lowest BCUT2D eigenvalue weighted by Crippen LogP contribution is -2.39. The summed E-state index contributed by atoms with van der Waals surface area (Å²) in [5.41, 5.74) is 6.87. The van der Waals surface area contributed by atoms with Gasteiger partial charge in [-0.3, -0.25) is 9.78 Å². The van der Waals surface area contributed by atoms with Crippen LogP contribution in [-0.2, 0) is 4.74 Å². The van der Waals surface area contributed by atoms with Crippen molar-refractivity contribution in [2.45, 2.75) is 59.0 Å². The van der Waals surface area contributed by atoms with Gasteiger partial charge in [0, 0.05) is 42.9 Å². The monoisotopic (exact) mass is 496 g/mol. The molecule has 37 heavy (non-hydrogen) atoms. The van der Waals surface area contributed by atoms with E-state index >= 15 is 0 Å². The van der Waals surface area contributed by atoms with Crippen molar-refractivity contribution in [3.05, 3.63) is 106 Å². The van der Waals surface area contributed by atoms with Gasteiger partial charge in [0.25, 0.3) is 0 Å². The number of pyridine rings is 1. The topological polar surface area (TPSA) is 59.5 Å². The minimum absolute atomic E-state index is 0.0424. The summed E-state index contributed by atoms with van der Waals surface area (Å²) in [4.78, 5) is 31.6. The molecule has 0 spiro atoms. The van der Waals surface area contributed by atoms with Crippen molar-refractivity contribution in [2.24, 2.45) is 0 Å². The molecule has 2 aromatic carbocycles. The van der Waals surface area contributed by atoms with Gasteiger partial charge >= 0.3 is 6.09 Å². The predicted octanol–water partition coefficient (Wildman–Crippen LogP) is 7.13. The second kappa shape index (κ2) is 11.1. The highest BCUT2D eigenvalue weighted by atomic mass is 16.6. The fourth-order valence-electron chi connectivity index (χ4n) is 4.76. The van der Waals surface area contributed by atoms with Crippen LogP contribution in [0.4, 0.5) is 4.79 Å². The summed E-state index contributed by atoms with van der Waals surface area (Å²) < 4.78 is 5.51. The molecule has 0 radical (unpaired) electrons. The minimum atomic E-state index is -0.498. The summed E-state index contributed by atoms with van der Waals surface area (Å²) in [7, 11) is 0. The number of ketones is 1. The lowest BCUT2D eigenvalue weighted by atomic mass is 9.83. The zero-order valence-electron chi connectivity index (χ0n) is 22.5. The normalized spacial score (nSPS) is 14.6. The first-order valence-electron chi connectivity index (χ1n) is 12.9. The van der Waals surface area contributed by atoms with E-state index < -0.39 is 5.60 Å². The molecule has 1 atom stereocenters. The molecular formula is C32H36N2O3. The first-order valence-corrected chi connectivity index (χ1v) is 12.9. The van der Waals surface area contributed by atoms with Crippen LogP contribution in [0.3, 0.4) is 0 Å². The Morgan fingerprint density at radius 3 is 2.38 bits per heavy atom. The number of hydrogen-bond acceptors (Lipinski definition) is 4. The number of benzene rings is 2. The number of hydrogen-bond donors (Lipinski definition) is 0. The highest BCUT2D eigenvalue weighted by molar-refractivity contribution is 5.96. The van der Waals surface area contributed by atoms with Crippen LogP contribution >= 0.6 is 0 Å². The molecule has 192 valence electrons. The Kier molecular flexibility index (Phi) is 7.91. The van der Waals surface area contributed by atoms with Gasteiger partial charge in [-0.25, -0.2) is 4.79 Å². The van der Waals surface area contributed by atoms with E-state index in [-0.39, 0.29) is 17.8 Å². The summed E-state index contributed by atoms with van der Waals surface area (Å²) in [5.74, 6) is 0.0688. The third-order valence-electron chi connectivity index (χ3n) is 6.72. The van der Waals surface area contributed by atoms with Gasteiger partial charge in [-0.2, -0.15) is 0 Å². The van der Waals surface area contributed by atoms with Crippen molar-refractivity contribution in [1.82, 2.24) is 9.88 Å². The molecule has 1 aliphatic heterocycles. The molecule has 3 aromatic rings. The maximum atomic E-state index is 13.3. The Balaban J connectivity index is 1.54. The van der Waals surface area contributed by atoms with Gasteiger partial charge in [0.2, 0.25) is 0 Å². The van der Waals surface area contributed by atoms with Gasteiger partial charge in [0.15, 0.2) is 5.78 Å². The number of carbonyl (C=O) groups excluding carboxylic acids is 2. The van der Waals surface area contributed by atoms with Crippen LogP contribution in [-0.4, -0.2) is 40.5 Å². The molecule has 4 rings (SSSR count). The van der Waals surface area contributed by atoms with Crippen LogP contribution in [0.5, 0.6) is 0 Å². The van der Waals surface area contributed by atoms with E-state index in [1.54, 1.807) is 17.2 Å². The van der Waals surface area contributed by atoms with Crippen molar-refractivity contribution in [2.75, 3.05) is 13.1 Å². The van der Waals surface area contributed by atoms with Crippen LogP contribution in [0.2, 0.25) is 0 Å². The maximum absolute atomic E-state index is 13.3. The molecule has 0 N–H and O–H groups in total. The number of carbonyl (C=O) groups is 2. The maximum Gasteiger partial charge on any atom is 0.410 e. The minimum Gasteiger partial charge on any atom is -0.444 e. The molecule has 0 saturated carbocycles.